The first-order valence-corrected chi connectivity index (χ1v) is 4.49. The van der Waals surface area contributed by atoms with Crippen LogP contribution in [0.4, 0.5) is 11.4 Å². The number of benzene rings is 1. The number of fused-ring (bicyclic) bond motifs is 1. The van der Waals surface area contributed by atoms with Gasteiger partial charge in [0.05, 0.1) is 5.69 Å². The first kappa shape index (κ1) is 8.23. The van der Waals surface area contributed by atoms with E-state index in [1.54, 1.807) is 6.07 Å². The van der Waals surface area contributed by atoms with Crippen molar-refractivity contribution in [3.8, 4) is 0 Å². The number of anilines is 1. The Morgan fingerprint density at radius 2 is 2.31 bits per heavy atom. The van der Waals surface area contributed by atoms with Crippen LogP contribution in [0.5, 0.6) is 0 Å². The lowest BCUT2D eigenvalue weighted by atomic mass is 10.0. The minimum atomic E-state index is 0.569. The van der Waals surface area contributed by atoms with Crippen molar-refractivity contribution in [1.82, 2.24) is 0 Å². The summed E-state index contributed by atoms with van der Waals surface area (Å²) in [6.45, 7) is 1.01. The van der Waals surface area contributed by atoms with Crippen molar-refractivity contribution in [2.45, 2.75) is 12.8 Å². The van der Waals surface area contributed by atoms with Crippen LogP contribution in [-0.2, 0) is 6.42 Å². The van der Waals surface area contributed by atoms with Gasteiger partial charge in [-0.1, -0.05) is 12.1 Å². The molecule has 0 saturated carbocycles. The van der Waals surface area contributed by atoms with E-state index in [1.807, 2.05) is 13.1 Å². The molecule has 0 unspecified atom stereocenters. The highest BCUT2D eigenvalue weighted by Gasteiger charge is 2.17. The molecule has 0 saturated heterocycles. The molecule has 2 rings (SSSR count). The molecule has 1 aliphatic rings. The molecule has 1 aromatic carbocycles. The normalized spacial score (nSPS) is 15.3. The smallest absolute Gasteiger partial charge is 0.131 e. The Kier molecular flexibility index (Phi) is 2.00. The van der Waals surface area contributed by atoms with Gasteiger partial charge in [-0.25, -0.2) is 0 Å². The van der Waals surface area contributed by atoms with E-state index in [-0.39, 0.29) is 0 Å². The maximum Gasteiger partial charge on any atom is 0.131 e. The summed E-state index contributed by atoms with van der Waals surface area (Å²) in [5.41, 5.74) is 2.83. The fraction of sp³-hybridized carbons (Fsp3) is 0.400. The van der Waals surface area contributed by atoms with Crippen LogP contribution in [0, 0.1) is 4.91 Å². The van der Waals surface area contributed by atoms with E-state index in [0.29, 0.717) is 5.69 Å². The summed E-state index contributed by atoms with van der Waals surface area (Å²) < 4.78 is 0. The molecule has 1 aliphatic heterocycles. The molecule has 1 heterocycles. The van der Waals surface area contributed by atoms with Gasteiger partial charge in [0.25, 0.3) is 0 Å². The van der Waals surface area contributed by atoms with Gasteiger partial charge in [0.1, 0.15) is 5.69 Å². The number of hydrogen-bond donors (Lipinski definition) is 0. The number of hydrogen-bond acceptors (Lipinski definition) is 3. The number of para-hydroxylation sites is 1. The summed E-state index contributed by atoms with van der Waals surface area (Å²) in [6, 6.07) is 5.74. The van der Waals surface area contributed by atoms with Crippen LogP contribution >= 0.6 is 0 Å². The Bertz CT molecular complexity index is 336. The molecule has 0 amide bonds. The quantitative estimate of drug-likeness (QED) is 0.616. The summed E-state index contributed by atoms with van der Waals surface area (Å²) in [5.74, 6) is 0. The molecule has 68 valence electrons. The van der Waals surface area contributed by atoms with E-state index in [0.717, 1.165) is 25.1 Å². The lowest BCUT2D eigenvalue weighted by Gasteiger charge is -2.27. The zero-order valence-corrected chi connectivity index (χ0v) is 7.66. The largest absolute Gasteiger partial charge is 0.373 e. The summed E-state index contributed by atoms with van der Waals surface area (Å²) in [4.78, 5) is 12.7. The van der Waals surface area contributed by atoms with Crippen LogP contribution in [0.25, 0.3) is 0 Å². The second-order valence-corrected chi connectivity index (χ2v) is 3.40. The minimum Gasteiger partial charge on any atom is -0.373 e. The van der Waals surface area contributed by atoms with Crippen LogP contribution in [0.15, 0.2) is 23.4 Å². The zero-order chi connectivity index (χ0) is 9.26. The molecule has 0 aromatic heterocycles. The second-order valence-electron chi connectivity index (χ2n) is 3.40. The minimum absolute atomic E-state index is 0.569. The number of rotatable bonds is 1. The predicted molar refractivity (Wildman–Crippen MR) is 53.5 cm³/mol. The zero-order valence-electron chi connectivity index (χ0n) is 7.66. The maximum absolute atomic E-state index is 10.5. The van der Waals surface area contributed by atoms with E-state index < -0.39 is 0 Å². The van der Waals surface area contributed by atoms with Gasteiger partial charge in [-0.15, -0.1) is 4.91 Å². The Morgan fingerprint density at radius 1 is 1.46 bits per heavy atom. The van der Waals surface area contributed by atoms with Crippen molar-refractivity contribution in [3.05, 3.63) is 28.7 Å². The highest BCUT2D eigenvalue weighted by atomic mass is 16.3. The molecule has 3 heteroatoms. The van der Waals surface area contributed by atoms with E-state index in [9.17, 15) is 4.91 Å². The van der Waals surface area contributed by atoms with Gasteiger partial charge in [0.2, 0.25) is 0 Å². The average molecular weight is 176 g/mol. The van der Waals surface area contributed by atoms with E-state index >= 15 is 0 Å². The highest BCUT2D eigenvalue weighted by molar-refractivity contribution is 5.71. The van der Waals surface area contributed by atoms with E-state index in [1.165, 1.54) is 5.56 Å². The monoisotopic (exact) mass is 176 g/mol. The van der Waals surface area contributed by atoms with Crippen LogP contribution in [0.1, 0.15) is 12.0 Å². The molecule has 1 aromatic rings. The summed E-state index contributed by atoms with van der Waals surface area (Å²) in [5, 5.41) is 3.04. The fourth-order valence-electron chi connectivity index (χ4n) is 1.91. The van der Waals surface area contributed by atoms with Gasteiger partial charge in [0.15, 0.2) is 0 Å². The van der Waals surface area contributed by atoms with Crippen LogP contribution in [0.2, 0.25) is 0 Å². The molecule has 13 heavy (non-hydrogen) atoms. The topological polar surface area (TPSA) is 32.7 Å². The predicted octanol–water partition coefficient (Wildman–Crippen LogP) is 2.47. The Hall–Kier alpha value is -1.38. The van der Waals surface area contributed by atoms with Gasteiger partial charge in [-0.2, -0.15) is 0 Å². The van der Waals surface area contributed by atoms with Crippen molar-refractivity contribution in [3.63, 3.8) is 0 Å². The molecule has 0 fully saturated rings. The Morgan fingerprint density at radius 3 is 3.08 bits per heavy atom. The molecule has 0 aliphatic carbocycles. The first-order chi connectivity index (χ1) is 6.33. The Labute approximate surface area is 77.3 Å². The summed E-state index contributed by atoms with van der Waals surface area (Å²) in [6.07, 6.45) is 2.22. The molecule has 0 N–H and O–H groups in total. The van der Waals surface area contributed by atoms with E-state index in [2.05, 4.69) is 16.1 Å². The van der Waals surface area contributed by atoms with Gasteiger partial charge in [-0.05, 0) is 29.6 Å². The highest BCUT2D eigenvalue weighted by Crippen LogP contribution is 2.34. The molecular formula is C10H12N2O. The lowest BCUT2D eigenvalue weighted by Crippen LogP contribution is -2.24. The summed E-state index contributed by atoms with van der Waals surface area (Å²) >= 11 is 0. The molecule has 0 atom stereocenters. The molecule has 0 spiro atoms. The van der Waals surface area contributed by atoms with Gasteiger partial charge in [0, 0.05) is 13.6 Å². The number of nitroso groups, excluding NO2 is 1. The summed E-state index contributed by atoms with van der Waals surface area (Å²) in [7, 11) is 2.01. The van der Waals surface area contributed by atoms with Crippen LogP contribution in [-0.4, -0.2) is 13.6 Å². The van der Waals surface area contributed by atoms with Crippen molar-refractivity contribution in [2.24, 2.45) is 5.18 Å². The van der Waals surface area contributed by atoms with Crippen molar-refractivity contribution < 1.29 is 0 Å². The van der Waals surface area contributed by atoms with E-state index in [4.69, 9.17) is 0 Å². The third-order valence-corrected chi connectivity index (χ3v) is 2.52. The van der Waals surface area contributed by atoms with Gasteiger partial charge in [-0.3, -0.25) is 0 Å². The molecule has 0 bridgehead atoms. The third kappa shape index (κ3) is 1.30. The number of nitrogens with zero attached hydrogens (tertiary/aromatic N) is 2. The van der Waals surface area contributed by atoms with Crippen LogP contribution < -0.4 is 4.90 Å². The number of aryl methyl sites for hydroxylation is 1. The first-order valence-electron chi connectivity index (χ1n) is 4.49. The molecule has 3 nitrogen and oxygen atoms in total. The second kappa shape index (κ2) is 3.17. The lowest BCUT2D eigenvalue weighted by molar-refractivity contribution is 0.745. The van der Waals surface area contributed by atoms with Crippen molar-refractivity contribution in [2.75, 3.05) is 18.5 Å². The average Bonchev–Trinajstić information content (AvgIpc) is 2.17. The van der Waals surface area contributed by atoms with Gasteiger partial charge >= 0.3 is 0 Å². The van der Waals surface area contributed by atoms with Crippen LogP contribution in [0.3, 0.4) is 0 Å². The fourth-order valence-corrected chi connectivity index (χ4v) is 1.91. The molecule has 0 radical (unpaired) electrons. The standard InChI is InChI=1S/C10H12N2O/c1-12-7-3-5-8-4-2-6-9(11-13)10(8)12/h2,4,6H,3,5,7H2,1H3. The van der Waals surface area contributed by atoms with Crippen molar-refractivity contribution in [1.29, 1.82) is 0 Å². The maximum atomic E-state index is 10.5. The van der Waals surface area contributed by atoms with Gasteiger partial charge < -0.3 is 4.90 Å². The molecular weight excluding hydrogens is 164 g/mol. The third-order valence-electron chi connectivity index (χ3n) is 2.52. The van der Waals surface area contributed by atoms with Crippen molar-refractivity contribution >= 4 is 11.4 Å². The SMILES string of the molecule is CN1CCCc2cccc(N=O)c21. The Balaban J connectivity index is 2.56.